The van der Waals surface area contributed by atoms with Crippen LogP contribution < -0.4 is 6.15 Å². The number of aromatic amines is 1. The zero-order valence-corrected chi connectivity index (χ0v) is 14.3. The molecular formula is C23H19N3. The summed E-state index contributed by atoms with van der Waals surface area (Å²) in [4.78, 5) is 8.57. The molecule has 3 nitrogen and oxygen atoms in total. The van der Waals surface area contributed by atoms with Gasteiger partial charge in [-0.15, -0.1) is 0 Å². The SMILES string of the molecule is N.c1ccc(-c2cc3c([nH]c4ccccc43)c(-c3ccccc3)n2)cc1. The first-order chi connectivity index (χ1) is 12.4. The Hall–Kier alpha value is -3.43. The molecule has 0 aliphatic heterocycles. The largest absolute Gasteiger partial charge is 0.353 e. The molecule has 2 heterocycles. The summed E-state index contributed by atoms with van der Waals surface area (Å²) >= 11 is 0. The van der Waals surface area contributed by atoms with E-state index in [1.54, 1.807) is 0 Å². The maximum absolute atomic E-state index is 5.01. The van der Waals surface area contributed by atoms with Crippen molar-refractivity contribution in [1.29, 1.82) is 0 Å². The highest BCUT2D eigenvalue weighted by atomic mass is 14.8. The van der Waals surface area contributed by atoms with E-state index >= 15 is 0 Å². The highest BCUT2D eigenvalue weighted by Crippen LogP contribution is 2.34. The molecule has 0 bridgehead atoms. The van der Waals surface area contributed by atoms with Gasteiger partial charge in [0.05, 0.1) is 16.9 Å². The third-order valence-corrected chi connectivity index (χ3v) is 4.61. The highest BCUT2D eigenvalue weighted by Gasteiger charge is 2.13. The summed E-state index contributed by atoms with van der Waals surface area (Å²) in [6.45, 7) is 0. The Morgan fingerprint density at radius 1 is 0.615 bits per heavy atom. The summed E-state index contributed by atoms with van der Waals surface area (Å²) in [5.74, 6) is 0. The van der Waals surface area contributed by atoms with Gasteiger partial charge in [-0.1, -0.05) is 78.9 Å². The molecule has 0 aliphatic rings. The smallest absolute Gasteiger partial charge is 0.0950 e. The van der Waals surface area contributed by atoms with Crippen molar-refractivity contribution in [3.63, 3.8) is 0 Å². The summed E-state index contributed by atoms with van der Waals surface area (Å²) in [7, 11) is 0. The van der Waals surface area contributed by atoms with Crippen molar-refractivity contribution in [1.82, 2.24) is 16.1 Å². The second-order valence-corrected chi connectivity index (χ2v) is 6.18. The van der Waals surface area contributed by atoms with Gasteiger partial charge in [-0.05, 0) is 12.1 Å². The summed E-state index contributed by atoms with van der Waals surface area (Å²) in [6, 6.07) is 31.4. The molecule has 4 N–H and O–H groups in total. The lowest BCUT2D eigenvalue weighted by Crippen LogP contribution is -1.90. The molecule has 2 aromatic heterocycles. The van der Waals surface area contributed by atoms with Crippen molar-refractivity contribution in [3.8, 4) is 22.5 Å². The number of nitrogens with zero attached hydrogens (tertiary/aromatic N) is 1. The Morgan fingerprint density at radius 2 is 1.23 bits per heavy atom. The van der Waals surface area contributed by atoms with Gasteiger partial charge in [0.25, 0.3) is 0 Å². The number of fused-ring (bicyclic) bond motifs is 3. The number of rotatable bonds is 2. The minimum Gasteiger partial charge on any atom is -0.353 e. The fourth-order valence-electron chi connectivity index (χ4n) is 3.41. The first kappa shape index (κ1) is 16.1. The van der Waals surface area contributed by atoms with Crippen molar-refractivity contribution in [3.05, 3.63) is 91.0 Å². The van der Waals surface area contributed by atoms with Crippen molar-refractivity contribution in [2.45, 2.75) is 0 Å². The number of hydrogen-bond donors (Lipinski definition) is 2. The standard InChI is InChI=1S/C23H16N2.H3N/c1-3-9-16(10-4-1)21-15-19-18-13-7-8-14-20(18)24-23(19)22(25-21)17-11-5-2-6-12-17;/h1-15,24H;1H3. The number of nitrogens with one attached hydrogen (secondary N) is 1. The molecule has 0 aliphatic carbocycles. The molecule has 0 fully saturated rings. The van der Waals surface area contributed by atoms with Gasteiger partial charge in [0, 0.05) is 27.4 Å². The number of aromatic nitrogens is 2. The normalized spacial score (nSPS) is 10.8. The average molecular weight is 337 g/mol. The monoisotopic (exact) mass is 337 g/mol. The molecule has 3 aromatic carbocycles. The van der Waals surface area contributed by atoms with Crippen LogP contribution in [0.5, 0.6) is 0 Å². The van der Waals surface area contributed by atoms with Crippen molar-refractivity contribution >= 4 is 21.8 Å². The number of pyridine rings is 1. The second-order valence-electron chi connectivity index (χ2n) is 6.18. The first-order valence-corrected chi connectivity index (χ1v) is 8.42. The van der Waals surface area contributed by atoms with Crippen LogP contribution in [0.25, 0.3) is 44.3 Å². The maximum Gasteiger partial charge on any atom is 0.0950 e. The van der Waals surface area contributed by atoms with E-state index in [0.29, 0.717) is 0 Å². The van der Waals surface area contributed by atoms with Gasteiger partial charge in [0.15, 0.2) is 0 Å². The fraction of sp³-hybridized carbons (Fsp3) is 0. The summed E-state index contributed by atoms with van der Waals surface area (Å²) in [6.07, 6.45) is 0. The van der Waals surface area contributed by atoms with E-state index in [1.165, 1.54) is 10.8 Å². The number of benzene rings is 3. The lowest BCUT2D eigenvalue weighted by atomic mass is 10.0. The van der Waals surface area contributed by atoms with Crippen LogP contribution in [0.3, 0.4) is 0 Å². The molecule has 0 saturated heterocycles. The van der Waals surface area contributed by atoms with Crippen LogP contribution in [0.1, 0.15) is 0 Å². The van der Waals surface area contributed by atoms with Crippen LogP contribution in [-0.2, 0) is 0 Å². The molecule has 26 heavy (non-hydrogen) atoms. The summed E-state index contributed by atoms with van der Waals surface area (Å²) in [5, 5.41) is 2.44. The Morgan fingerprint density at radius 3 is 1.96 bits per heavy atom. The Labute approximate surface area is 151 Å². The molecule has 126 valence electrons. The Kier molecular flexibility index (Phi) is 3.99. The van der Waals surface area contributed by atoms with E-state index in [4.69, 9.17) is 4.98 Å². The van der Waals surface area contributed by atoms with Crippen LogP contribution in [0.15, 0.2) is 91.0 Å². The van der Waals surface area contributed by atoms with Crippen molar-refractivity contribution < 1.29 is 0 Å². The summed E-state index contributed by atoms with van der Waals surface area (Å²) < 4.78 is 0. The minimum absolute atomic E-state index is 0. The van der Waals surface area contributed by atoms with E-state index in [2.05, 4.69) is 83.8 Å². The minimum atomic E-state index is 0. The molecule has 0 amide bonds. The van der Waals surface area contributed by atoms with Gasteiger partial charge in [-0.25, -0.2) is 4.98 Å². The summed E-state index contributed by atoms with van der Waals surface area (Å²) in [5.41, 5.74) is 6.47. The van der Waals surface area contributed by atoms with Crippen LogP contribution in [-0.4, -0.2) is 9.97 Å². The molecule has 0 radical (unpaired) electrons. The predicted molar refractivity (Wildman–Crippen MR) is 109 cm³/mol. The maximum atomic E-state index is 5.01. The van der Waals surface area contributed by atoms with Gasteiger partial charge in [0.2, 0.25) is 0 Å². The number of para-hydroxylation sites is 1. The molecule has 5 aromatic rings. The average Bonchev–Trinajstić information content (AvgIpc) is 3.07. The van der Waals surface area contributed by atoms with E-state index in [-0.39, 0.29) is 6.15 Å². The molecular weight excluding hydrogens is 318 g/mol. The van der Waals surface area contributed by atoms with Gasteiger partial charge >= 0.3 is 0 Å². The van der Waals surface area contributed by atoms with Gasteiger partial charge < -0.3 is 11.1 Å². The van der Waals surface area contributed by atoms with E-state index < -0.39 is 0 Å². The highest BCUT2D eigenvalue weighted by molar-refractivity contribution is 6.12. The number of hydrogen-bond acceptors (Lipinski definition) is 2. The third kappa shape index (κ3) is 2.55. The quantitative estimate of drug-likeness (QED) is 0.402. The molecule has 0 unspecified atom stereocenters. The zero-order chi connectivity index (χ0) is 16.6. The predicted octanol–water partition coefficient (Wildman–Crippen LogP) is 6.21. The van der Waals surface area contributed by atoms with Crippen LogP contribution in [0.4, 0.5) is 0 Å². The lowest BCUT2D eigenvalue weighted by Gasteiger charge is -2.08. The second kappa shape index (κ2) is 6.47. The number of H-pyrrole nitrogens is 1. The molecule has 0 saturated carbocycles. The van der Waals surface area contributed by atoms with E-state index in [1.807, 2.05) is 12.1 Å². The molecule has 3 heteroatoms. The fourth-order valence-corrected chi connectivity index (χ4v) is 3.41. The van der Waals surface area contributed by atoms with E-state index in [9.17, 15) is 0 Å². The third-order valence-electron chi connectivity index (χ3n) is 4.61. The first-order valence-electron chi connectivity index (χ1n) is 8.42. The van der Waals surface area contributed by atoms with Crippen molar-refractivity contribution in [2.75, 3.05) is 0 Å². The van der Waals surface area contributed by atoms with Crippen LogP contribution in [0, 0.1) is 0 Å². The molecule has 0 atom stereocenters. The van der Waals surface area contributed by atoms with Gasteiger partial charge in [-0.3, -0.25) is 0 Å². The van der Waals surface area contributed by atoms with Gasteiger partial charge in [0.1, 0.15) is 0 Å². The van der Waals surface area contributed by atoms with Crippen LogP contribution in [0.2, 0.25) is 0 Å². The molecule has 5 rings (SSSR count). The Balaban J connectivity index is 0.00000168. The Bertz CT molecular complexity index is 1180. The van der Waals surface area contributed by atoms with Crippen molar-refractivity contribution in [2.24, 2.45) is 0 Å². The zero-order valence-electron chi connectivity index (χ0n) is 14.3. The van der Waals surface area contributed by atoms with Gasteiger partial charge in [-0.2, -0.15) is 0 Å². The molecule has 0 spiro atoms. The van der Waals surface area contributed by atoms with Crippen LogP contribution >= 0.6 is 0 Å². The lowest BCUT2D eigenvalue weighted by molar-refractivity contribution is 1.34. The van der Waals surface area contributed by atoms with E-state index in [0.717, 1.165) is 33.5 Å². The topological polar surface area (TPSA) is 63.7 Å².